The topological polar surface area (TPSA) is 38.7 Å². The molecule has 0 saturated carbocycles. The van der Waals surface area contributed by atoms with Crippen LogP contribution in [-0.4, -0.2) is 15.0 Å². The largest absolute Gasteiger partial charge is 0.208 e. The normalized spacial score (nSPS) is 11.4. The number of rotatable bonds is 6. The van der Waals surface area contributed by atoms with Gasteiger partial charge in [0.15, 0.2) is 17.5 Å². The summed E-state index contributed by atoms with van der Waals surface area (Å²) in [4.78, 5) is 14.9. The highest BCUT2D eigenvalue weighted by atomic mass is 15.0. The van der Waals surface area contributed by atoms with E-state index < -0.39 is 0 Å². The second-order valence-corrected chi connectivity index (χ2v) is 12.4. The summed E-state index contributed by atoms with van der Waals surface area (Å²) >= 11 is 0. The quantitative estimate of drug-likeness (QED) is 0.181. The fourth-order valence-electron chi connectivity index (χ4n) is 7.04. The molecule has 0 N–H and O–H groups in total. The summed E-state index contributed by atoms with van der Waals surface area (Å²) in [6.45, 7) is 0. The molecule has 1 aromatic heterocycles. The van der Waals surface area contributed by atoms with Gasteiger partial charge in [-0.1, -0.05) is 171 Å². The lowest BCUT2D eigenvalue weighted by Gasteiger charge is -2.12. The van der Waals surface area contributed by atoms with E-state index in [1.807, 2.05) is 60.7 Å². The molecule has 238 valence electrons. The lowest BCUT2D eigenvalue weighted by atomic mass is 9.93. The van der Waals surface area contributed by atoms with E-state index in [0.29, 0.717) is 17.5 Å². The molecule has 3 heteroatoms. The Morgan fingerprint density at radius 3 is 1.12 bits per heavy atom. The Hall–Kier alpha value is -6.45. The van der Waals surface area contributed by atoms with E-state index in [2.05, 4.69) is 115 Å². The maximum Gasteiger partial charge on any atom is 0.164 e. The molecule has 50 heavy (non-hydrogen) atoms. The number of aromatic nitrogens is 3. The van der Waals surface area contributed by atoms with Crippen LogP contribution in [0.1, 0.15) is 18.6 Å². The minimum atomic E-state index is 0. The molecule has 1 aliphatic carbocycles. The Labute approximate surface area is 293 Å². The zero-order valence-electron chi connectivity index (χ0n) is 26.8. The third-order valence-electron chi connectivity index (χ3n) is 9.41. The van der Waals surface area contributed by atoms with Crippen LogP contribution in [0.15, 0.2) is 176 Å². The molecule has 0 bridgehead atoms. The van der Waals surface area contributed by atoms with Crippen molar-refractivity contribution in [1.29, 1.82) is 0 Å². The zero-order valence-corrected chi connectivity index (χ0v) is 26.8. The molecule has 0 aliphatic heterocycles. The minimum Gasteiger partial charge on any atom is -0.208 e. The van der Waals surface area contributed by atoms with Gasteiger partial charge in [-0.2, -0.15) is 0 Å². The van der Waals surface area contributed by atoms with Crippen molar-refractivity contribution in [3.63, 3.8) is 0 Å². The van der Waals surface area contributed by atoms with Crippen LogP contribution < -0.4 is 0 Å². The van der Waals surface area contributed by atoms with Crippen molar-refractivity contribution in [2.24, 2.45) is 0 Å². The van der Waals surface area contributed by atoms with E-state index in [9.17, 15) is 0 Å². The van der Waals surface area contributed by atoms with Crippen LogP contribution in [0.2, 0.25) is 0 Å². The molecule has 8 aromatic rings. The summed E-state index contributed by atoms with van der Waals surface area (Å²) in [6, 6.07) is 61.8. The van der Waals surface area contributed by atoms with Crippen molar-refractivity contribution in [2.45, 2.75) is 13.8 Å². The lowest BCUT2D eigenvalue weighted by molar-refractivity contribution is 1.07. The first kappa shape index (κ1) is 30.9. The van der Waals surface area contributed by atoms with Gasteiger partial charge in [0, 0.05) is 16.7 Å². The molecule has 0 spiro atoms. The van der Waals surface area contributed by atoms with E-state index in [1.54, 1.807) is 0 Å². The molecular formula is C47H35N3. The lowest BCUT2D eigenvalue weighted by Crippen LogP contribution is -2.00. The molecule has 9 rings (SSSR count). The number of nitrogens with zero attached hydrogens (tertiary/aromatic N) is 3. The maximum atomic E-state index is 4.99. The number of benzene rings is 7. The van der Waals surface area contributed by atoms with Crippen molar-refractivity contribution in [1.82, 2.24) is 15.0 Å². The highest BCUT2D eigenvalue weighted by molar-refractivity contribution is 5.90. The average Bonchev–Trinajstić information content (AvgIpc) is 3.58. The SMILES string of the molecule is C.c1ccc(-c2cccc(-c3cccc4c3Cc3c(-c5cccc(-c6nc(-c7ccccc7)nc(-c7ccccc7)n6)c5)cccc3-4)c2)cc1. The summed E-state index contributed by atoms with van der Waals surface area (Å²) in [7, 11) is 0. The highest BCUT2D eigenvalue weighted by Gasteiger charge is 2.25. The predicted octanol–water partition coefficient (Wildman–Crippen LogP) is 12.1. The van der Waals surface area contributed by atoms with Gasteiger partial charge in [0.2, 0.25) is 0 Å². The van der Waals surface area contributed by atoms with Gasteiger partial charge >= 0.3 is 0 Å². The Bertz CT molecular complexity index is 2390. The summed E-state index contributed by atoms with van der Waals surface area (Å²) in [6.07, 6.45) is 0.874. The summed E-state index contributed by atoms with van der Waals surface area (Å²) < 4.78 is 0. The molecule has 0 atom stereocenters. The first-order valence-corrected chi connectivity index (χ1v) is 16.7. The van der Waals surface area contributed by atoms with Gasteiger partial charge in [0.1, 0.15) is 0 Å². The molecule has 1 heterocycles. The van der Waals surface area contributed by atoms with Gasteiger partial charge in [0.25, 0.3) is 0 Å². The minimum absolute atomic E-state index is 0. The van der Waals surface area contributed by atoms with E-state index in [0.717, 1.165) is 28.7 Å². The van der Waals surface area contributed by atoms with Gasteiger partial charge in [-0.15, -0.1) is 0 Å². The summed E-state index contributed by atoms with van der Waals surface area (Å²) in [5.41, 5.74) is 15.6. The molecule has 7 aromatic carbocycles. The fraction of sp³-hybridized carbons (Fsp3) is 0.0426. The van der Waals surface area contributed by atoms with Crippen LogP contribution >= 0.6 is 0 Å². The van der Waals surface area contributed by atoms with Crippen molar-refractivity contribution in [3.05, 3.63) is 187 Å². The van der Waals surface area contributed by atoms with Crippen LogP contribution in [0.25, 0.3) is 78.7 Å². The van der Waals surface area contributed by atoms with Crippen LogP contribution in [0.5, 0.6) is 0 Å². The predicted molar refractivity (Wildman–Crippen MR) is 207 cm³/mol. The molecule has 1 aliphatic rings. The second kappa shape index (κ2) is 13.2. The first-order chi connectivity index (χ1) is 24.3. The van der Waals surface area contributed by atoms with Crippen LogP contribution in [-0.2, 0) is 6.42 Å². The number of fused-ring (bicyclic) bond motifs is 3. The van der Waals surface area contributed by atoms with Gasteiger partial charge in [-0.25, -0.2) is 15.0 Å². The van der Waals surface area contributed by atoms with Crippen molar-refractivity contribution < 1.29 is 0 Å². The standard InChI is InChI=1S/C46H31N3.CH4/c1-4-14-31(15-5-1)34-20-10-21-35(28-34)38-24-12-26-40-41-27-13-25-39(43(41)30-42(38)40)36-22-11-23-37(29-36)46-48-44(32-16-6-2-7-17-32)47-45(49-46)33-18-8-3-9-19-33;/h1-29H,30H2;1H4. The number of hydrogen-bond donors (Lipinski definition) is 0. The summed E-state index contributed by atoms with van der Waals surface area (Å²) in [5.74, 6) is 1.98. The molecule has 0 radical (unpaired) electrons. The van der Waals surface area contributed by atoms with E-state index >= 15 is 0 Å². The molecular weight excluding hydrogens is 607 g/mol. The third kappa shape index (κ3) is 5.69. The van der Waals surface area contributed by atoms with Crippen LogP contribution in [0.4, 0.5) is 0 Å². The van der Waals surface area contributed by atoms with Crippen molar-refractivity contribution >= 4 is 0 Å². The first-order valence-electron chi connectivity index (χ1n) is 16.7. The van der Waals surface area contributed by atoms with E-state index in [4.69, 9.17) is 15.0 Å². The number of hydrogen-bond acceptors (Lipinski definition) is 3. The van der Waals surface area contributed by atoms with Crippen LogP contribution in [0, 0.1) is 0 Å². The smallest absolute Gasteiger partial charge is 0.164 e. The third-order valence-corrected chi connectivity index (χ3v) is 9.41. The van der Waals surface area contributed by atoms with Gasteiger partial charge in [-0.05, 0) is 74.2 Å². The van der Waals surface area contributed by atoms with Crippen LogP contribution in [0.3, 0.4) is 0 Å². The Morgan fingerprint density at radius 2 is 0.620 bits per heavy atom. The van der Waals surface area contributed by atoms with Crippen molar-refractivity contribution in [2.75, 3.05) is 0 Å². The fourth-order valence-corrected chi connectivity index (χ4v) is 7.04. The monoisotopic (exact) mass is 641 g/mol. The van der Waals surface area contributed by atoms with E-state index in [1.165, 1.54) is 50.1 Å². The molecule has 0 fully saturated rings. The van der Waals surface area contributed by atoms with E-state index in [-0.39, 0.29) is 7.43 Å². The zero-order chi connectivity index (χ0) is 32.6. The molecule has 3 nitrogen and oxygen atoms in total. The van der Waals surface area contributed by atoms with Crippen molar-refractivity contribution in [3.8, 4) is 78.7 Å². The van der Waals surface area contributed by atoms with Gasteiger partial charge in [0.05, 0.1) is 0 Å². The average molecular weight is 642 g/mol. The molecule has 0 amide bonds. The molecule has 0 saturated heterocycles. The Balaban J connectivity index is 0.00000361. The van der Waals surface area contributed by atoms with Gasteiger partial charge in [-0.3, -0.25) is 0 Å². The Kier molecular flexibility index (Phi) is 8.16. The summed E-state index contributed by atoms with van der Waals surface area (Å²) in [5, 5.41) is 0. The second-order valence-electron chi connectivity index (χ2n) is 12.4. The maximum absolute atomic E-state index is 4.99. The Morgan fingerprint density at radius 1 is 0.280 bits per heavy atom. The van der Waals surface area contributed by atoms with Gasteiger partial charge < -0.3 is 0 Å². The molecule has 0 unspecified atom stereocenters. The highest BCUT2D eigenvalue weighted by Crippen LogP contribution is 2.45.